The van der Waals surface area contributed by atoms with Gasteiger partial charge in [0.2, 0.25) is 10.0 Å². The zero-order valence-electron chi connectivity index (χ0n) is 11.3. The van der Waals surface area contributed by atoms with Crippen molar-refractivity contribution in [2.45, 2.75) is 43.2 Å². The fraction of sp³-hybridized carbons (Fsp3) is 1.00. The van der Waals surface area contributed by atoms with Gasteiger partial charge in [-0.25, -0.2) is 16.8 Å². The predicted octanol–water partition coefficient (Wildman–Crippen LogP) is 0.719. The molecule has 5 nitrogen and oxygen atoms in total. The molecule has 0 bridgehead atoms. The van der Waals surface area contributed by atoms with Crippen molar-refractivity contribution in [2.75, 3.05) is 23.8 Å². The molecule has 2 heterocycles. The zero-order chi connectivity index (χ0) is 14.3. The van der Waals surface area contributed by atoms with E-state index in [9.17, 15) is 16.8 Å². The van der Waals surface area contributed by atoms with Crippen LogP contribution in [0.1, 0.15) is 26.7 Å². The summed E-state index contributed by atoms with van der Waals surface area (Å²) < 4.78 is 49.7. The molecule has 2 fully saturated rings. The van der Waals surface area contributed by atoms with Crippen LogP contribution in [-0.4, -0.2) is 61.5 Å². The molecule has 0 spiro atoms. The summed E-state index contributed by atoms with van der Waals surface area (Å²) in [5.74, 6) is 0.822. The first kappa shape index (κ1) is 15.6. The highest BCUT2D eigenvalue weighted by molar-refractivity contribution is 8.00. The van der Waals surface area contributed by atoms with E-state index in [1.165, 1.54) is 0 Å². The number of rotatable bonds is 2. The average molecular weight is 327 g/mol. The quantitative estimate of drug-likeness (QED) is 0.747. The van der Waals surface area contributed by atoms with E-state index >= 15 is 0 Å². The third-order valence-electron chi connectivity index (χ3n) is 4.08. The van der Waals surface area contributed by atoms with E-state index in [0.717, 1.165) is 5.75 Å². The Morgan fingerprint density at radius 3 is 2.32 bits per heavy atom. The molecule has 2 aliphatic rings. The van der Waals surface area contributed by atoms with Gasteiger partial charge in [-0.05, 0) is 19.8 Å². The molecule has 0 saturated carbocycles. The summed E-state index contributed by atoms with van der Waals surface area (Å²) in [5.41, 5.74) is 0. The van der Waals surface area contributed by atoms with Gasteiger partial charge in [0.15, 0.2) is 0 Å². The topological polar surface area (TPSA) is 71.5 Å². The van der Waals surface area contributed by atoms with Crippen molar-refractivity contribution in [3.63, 3.8) is 0 Å². The SMILES string of the molecule is CC1SCCN(S(=O)(=O)C2CCS(=O)(=O)CC2)C1C. The van der Waals surface area contributed by atoms with Crippen LogP contribution in [0.3, 0.4) is 0 Å². The van der Waals surface area contributed by atoms with E-state index in [0.29, 0.717) is 6.54 Å². The summed E-state index contributed by atoms with van der Waals surface area (Å²) in [7, 11) is -6.38. The lowest BCUT2D eigenvalue weighted by molar-refractivity contribution is 0.333. The molecule has 8 heteroatoms. The van der Waals surface area contributed by atoms with Crippen LogP contribution in [0.4, 0.5) is 0 Å². The van der Waals surface area contributed by atoms with Gasteiger partial charge >= 0.3 is 0 Å². The van der Waals surface area contributed by atoms with Crippen molar-refractivity contribution in [3.8, 4) is 0 Å². The van der Waals surface area contributed by atoms with Crippen molar-refractivity contribution in [1.29, 1.82) is 0 Å². The predicted molar refractivity (Wildman–Crippen MR) is 78.7 cm³/mol. The number of nitrogens with zero attached hydrogens (tertiary/aromatic N) is 1. The number of hydrogen-bond donors (Lipinski definition) is 0. The van der Waals surface area contributed by atoms with Crippen LogP contribution in [0.15, 0.2) is 0 Å². The molecule has 0 radical (unpaired) electrons. The van der Waals surface area contributed by atoms with E-state index in [4.69, 9.17) is 0 Å². The van der Waals surface area contributed by atoms with Crippen LogP contribution in [0.25, 0.3) is 0 Å². The first-order valence-corrected chi connectivity index (χ1v) is 10.9. The zero-order valence-corrected chi connectivity index (χ0v) is 13.7. The Hall–Kier alpha value is 0.210. The molecule has 2 atom stereocenters. The largest absolute Gasteiger partial charge is 0.229 e. The molecule has 0 N–H and O–H groups in total. The minimum atomic E-state index is -3.36. The Morgan fingerprint density at radius 2 is 1.74 bits per heavy atom. The summed E-state index contributed by atoms with van der Waals surface area (Å²) in [6.07, 6.45) is 0.491. The fourth-order valence-electron chi connectivity index (χ4n) is 2.62. The maximum Gasteiger partial charge on any atom is 0.217 e. The lowest BCUT2D eigenvalue weighted by Crippen LogP contribution is -2.52. The molecule has 0 aromatic rings. The third kappa shape index (κ3) is 3.28. The molecular weight excluding hydrogens is 306 g/mol. The number of thioether (sulfide) groups is 1. The minimum absolute atomic E-state index is 0.00339. The molecule has 0 aliphatic carbocycles. The van der Waals surface area contributed by atoms with Crippen LogP contribution >= 0.6 is 11.8 Å². The number of hydrogen-bond acceptors (Lipinski definition) is 5. The van der Waals surface area contributed by atoms with E-state index in [1.54, 1.807) is 16.1 Å². The molecule has 0 amide bonds. The van der Waals surface area contributed by atoms with E-state index < -0.39 is 25.1 Å². The lowest BCUT2D eigenvalue weighted by atomic mass is 10.2. The van der Waals surface area contributed by atoms with E-state index in [1.807, 2.05) is 13.8 Å². The fourth-order valence-corrected chi connectivity index (χ4v) is 7.91. The van der Waals surface area contributed by atoms with Crippen LogP contribution < -0.4 is 0 Å². The van der Waals surface area contributed by atoms with Crippen LogP contribution in [0, 0.1) is 0 Å². The molecule has 2 aliphatic heterocycles. The van der Waals surface area contributed by atoms with Crippen LogP contribution in [0.5, 0.6) is 0 Å². The highest BCUT2D eigenvalue weighted by Crippen LogP contribution is 2.30. The molecule has 2 saturated heterocycles. The Morgan fingerprint density at radius 1 is 1.16 bits per heavy atom. The first-order valence-electron chi connectivity index (χ1n) is 6.57. The number of sulfonamides is 1. The Balaban J connectivity index is 2.14. The van der Waals surface area contributed by atoms with E-state index in [2.05, 4.69) is 0 Å². The summed E-state index contributed by atoms with van der Waals surface area (Å²) in [4.78, 5) is 0. The summed E-state index contributed by atoms with van der Waals surface area (Å²) in [5, 5.41) is -0.232. The van der Waals surface area contributed by atoms with Gasteiger partial charge in [-0.1, -0.05) is 6.92 Å². The summed E-state index contributed by atoms with van der Waals surface area (Å²) in [6, 6.07) is -0.0118. The minimum Gasteiger partial charge on any atom is -0.229 e. The Kier molecular flexibility index (Phi) is 4.55. The first-order chi connectivity index (χ1) is 8.74. The molecular formula is C11H21NO4S3. The van der Waals surface area contributed by atoms with Crippen molar-refractivity contribution in [2.24, 2.45) is 0 Å². The normalized spacial score (nSPS) is 34.2. The second kappa shape index (κ2) is 5.54. The molecule has 2 unspecified atom stereocenters. The smallest absolute Gasteiger partial charge is 0.217 e. The highest BCUT2D eigenvalue weighted by Gasteiger charge is 2.41. The van der Waals surface area contributed by atoms with Gasteiger partial charge < -0.3 is 0 Å². The average Bonchev–Trinajstić information content (AvgIpc) is 2.32. The second-order valence-corrected chi connectivity index (χ2v) is 11.3. The third-order valence-corrected chi connectivity index (χ3v) is 9.61. The van der Waals surface area contributed by atoms with Crippen molar-refractivity contribution in [1.82, 2.24) is 4.31 Å². The molecule has 2 rings (SSSR count). The van der Waals surface area contributed by atoms with Gasteiger partial charge in [0.1, 0.15) is 9.84 Å². The highest BCUT2D eigenvalue weighted by atomic mass is 32.2. The monoisotopic (exact) mass is 327 g/mol. The maximum absolute atomic E-state index is 12.6. The molecule has 112 valence electrons. The standard InChI is InChI=1S/C11H21NO4S3/c1-9-10(2)17-6-5-12(9)19(15,16)11-3-7-18(13,14)8-4-11/h9-11H,3-8H2,1-2H3. The number of sulfone groups is 1. The van der Waals surface area contributed by atoms with Gasteiger partial charge in [0.05, 0.1) is 16.8 Å². The molecule has 0 aromatic heterocycles. The van der Waals surface area contributed by atoms with Crippen LogP contribution in [0.2, 0.25) is 0 Å². The van der Waals surface area contributed by atoms with Crippen molar-refractivity contribution < 1.29 is 16.8 Å². The van der Waals surface area contributed by atoms with Gasteiger partial charge in [0, 0.05) is 23.6 Å². The Bertz CT molecular complexity index is 514. The van der Waals surface area contributed by atoms with Crippen molar-refractivity contribution >= 4 is 31.6 Å². The summed E-state index contributed by atoms with van der Waals surface area (Å²) in [6.45, 7) is 4.53. The lowest BCUT2D eigenvalue weighted by Gasteiger charge is -2.39. The summed E-state index contributed by atoms with van der Waals surface area (Å²) >= 11 is 1.79. The Labute approximate surface area is 120 Å². The van der Waals surface area contributed by atoms with Crippen molar-refractivity contribution in [3.05, 3.63) is 0 Å². The van der Waals surface area contributed by atoms with Gasteiger partial charge in [0.25, 0.3) is 0 Å². The van der Waals surface area contributed by atoms with E-state index in [-0.39, 0.29) is 35.6 Å². The maximum atomic E-state index is 12.6. The van der Waals surface area contributed by atoms with Gasteiger partial charge in [-0.2, -0.15) is 16.1 Å². The molecule has 0 aromatic carbocycles. The second-order valence-electron chi connectivity index (χ2n) is 5.32. The van der Waals surface area contributed by atoms with Gasteiger partial charge in [-0.3, -0.25) is 0 Å². The van der Waals surface area contributed by atoms with Gasteiger partial charge in [-0.15, -0.1) is 0 Å². The van der Waals surface area contributed by atoms with Crippen LogP contribution in [-0.2, 0) is 19.9 Å². The molecule has 19 heavy (non-hydrogen) atoms.